The van der Waals surface area contributed by atoms with Crippen LogP contribution < -0.4 is 5.32 Å². The van der Waals surface area contributed by atoms with Gasteiger partial charge in [-0.15, -0.1) is 0 Å². The average Bonchev–Trinajstić information content (AvgIpc) is 2.64. The standard InChI is InChI=1S/C14H16N2O/c1-9(2)13-10-5-3-4-6-11(10)16-12(13)7-8-15-14(16)17/h3-6,9H,7-8H2,1-2H3,(H,15,17). The van der Waals surface area contributed by atoms with Gasteiger partial charge in [-0.1, -0.05) is 32.0 Å². The minimum Gasteiger partial charge on any atom is -0.337 e. The summed E-state index contributed by atoms with van der Waals surface area (Å²) in [7, 11) is 0. The van der Waals surface area contributed by atoms with E-state index in [2.05, 4.69) is 25.2 Å². The number of carbonyl (C=O) groups is 1. The van der Waals surface area contributed by atoms with Crippen molar-refractivity contribution < 1.29 is 4.79 Å². The van der Waals surface area contributed by atoms with E-state index in [-0.39, 0.29) is 6.03 Å². The van der Waals surface area contributed by atoms with Crippen LogP contribution in [0.2, 0.25) is 0 Å². The molecule has 2 aromatic rings. The molecule has 1 amide bonds. The van der Waals surface area contributed by atoms with Crippen LogP contribution in [0, 0.1) is 0 Å². The molecule has 3 rings (SSSR count). The number of amides is 1. The van der Waals surface area contributed by atoms with Gasteiger partial charge in [-0.25, -0.2) is 4.79 Å². The second-order valence-electron chi connectivity index (χ2n) is 4.85. The number of aromatic nitrogens is 1. The maximum Gasteiger partial charge on any atom is 0.326 e. The van der Waals surface area contributed by atoms with Gasteiger partial charge in [-0.2, -0.15) is 0 Å². The summed E-state index contributed by atoms with van der Waals surface area (Å²) in [6, 6.07) is 8.17. The molecule has 3 nitrogen and oxygen atoms in total. The van der Waals surface area contributed by atoms with Crippen LogP contribution in [-0.4, -0.2) is 17.1 Å². The van der Waals surface area contributed by atoms with Crippen LogP contribution in [0.3, 0.4) is 0 Å². The minimum atomic E-state index is 0.00866. The highest BCUT2D eigenvalue weighted by Crippen LogP contribution is 2.33. The van der Waals surface area contributed by atoms with Crippen molar-refractivity contribution in [2.75, 3.05) is 6.54 Å². The van der Waals surface area contributed by atoms with Gasteiger partial charge in [0, 0.05) is 24.0 Å². The third-order valence-corrected chi connectivity index (χ3v) is 3.43. The highest BCUT2D eigenvalue weighted by Gasteiger charge is 2.25. The first-order valence-electron chi connectivity index (χ1n) is 6.10. The molecule has 0 atom stereocenters. The predicted molar refractivity (Wildman–Crippen MR) is 68.5 cm³/mol. The molecule has 0 saturated heterocycles. The summed E-state index contributed by atoms with van der Waals surface area (Å²) < 4.78 is 1.84. The fourth-order valence-corrected chi connectivity index (χ4v) is 2.81. The lowest BCUT2D eigenvalue weighted by Crippen LogP contribution is -2.36. The van der Waals surface area contributed by atoms with Crippen LogP contribution >= 0.6 is 0 Å². The Hall–Kier alpha value is -1.77. The zero-order valence-corrected chi connectivity index (χ0v) is 10.2. The lowest BCUT2D eigenvalue weighted by atomic mass is 9.98. The molecule has 0 spiro atoms. The maximum atomic E-state index is 12.0. The number of nitrogens with zero attached hydrogens (tertiary/aromatic N) is 1. The molecule has 0 unspecified atom stereocenters. The van der Waals surface area contributed by atoms with Gasteiger partial charge in [0.15, 0.2) is 0 Å². The van der Waals surface area contributed by atoms with E-state index in [1.807, 2.05) is 22.8 Å². The Bertz CT molecular complexity index is 596. The number of fused-ring (bicyclic) bond motifs is 3. The van der Waals surface area contributed by atoms with E-state index in [0.29, 0.717) is 5.92 Å². The normalized spacial score (nSPS) is 15.1. The Labute approximate surface area is 100 Å². The minimum absolute atomic E-state index is 0.00866. The molecule has 0 fully saturated rings. The third-order valence-electron chi connectivity index (χ3n) is 3.43. The zero-order valence-electron chi connectivity index (χ0n) is 10.2. The smallest absolute Gasteiger partial charge is 0.326 e. The van der Waals surface area contributed by atoms with E-state index in [9.17, 15) is 4.79 Å². The average molecular weight is 228 g/mol. The topological polar surface area (TPSA) is 34.0 Å². The number of hydrogen-bond donors (Lipinski definition) is 1. The van der Waals surface area contributed by atoms with Crippen molar-refractivity contribution in [1.82, 2.24) is 9.88 Å². The molecule has 1 aromatic heterocycles. The fraction of sp³-hybridized carbons (Fsp3) is 0.357. The summed E-state index contributed by atoms with van der Waals surface area (Å²) in [4.78, 5) is 12.0. The first-order chi connectivity index (χ1) is 8.20. The van der Waals surface area contributed by atoms with E-state index < -0.39 is 0 Å². The van der Waals surface area contributed by atoms with Gasteiger partial charge in [0.05, 0.1) is 5.52 Å². The summed E-state index contributed by atoms with van der Waals surface area (Å²) in [5, 5.41) is 4.12. The first-order valence-corrected chi connectivity index (χ1v) is 6.10. The van der Waals surface area contributed by atoms with Crippen molar-refractivity contribution in [2.24, 2.45) is 0 Å². The highest BCUT2D eigenvalue weighted by molar-refractivity contribution is 5.96. The lowest BCUT2D eigenvalue weighted by Gasteiger charge is -2.18. The fourth-order valence-electron chi connectivity index (χ4n) is 2.81. The highest BCUT2D eigenvalue weighted by atomic mass is 16.2. The van der Waals surface area contributed by atoms with Gasteiger partial charge in [-0.05, 0) is 17.5 Å². The Morgan fingerprint density at radius 2 is 2.06 bits per heavy atom. The first kappa shape index (κ1) is 10.4. The van der Waals surface area contributed by atoms with Gasteiger partial charge in [0.2, 0.25) is 0 Å². The molecular weight excluding hydrogens is 212 g/mol. The van der Waals surface area contributed by atoms with Gasteiger partial charge in [0.1, 0.15) is 0 Å². The quantitative estimate of drug-likeness (QED) is 0.800. The third kappa shape index (κ3) is 1.38. The van der Waals surface area contributed by atoms with Crippen LogP contribution in [-0.2, 0) is 6.42 Å². The number of hydrogen-bond acceptors (Lipinski definition) is 1. The number of nitrogens with one attached hydrogen (secondary N) is 1. The van der Waals surface area contributed by atoms with Gasteiger partial charge >= 0.3 is 6.03 Å². The molecule has 0 saturated carbocycles. The van der Waals surface area contributed by atoms with Crippen LogP contribution in [0.15, 0.2) is 24.3 Å². The SMILES string of the molecule is CC(C)c1c2n(c3ccccc13)C(=O)NCC2. The molecule has 0 bridgehead atoms. The Balaban J connectivity index is 2.43. The van der Waals surface area contributed by atoms with Gasteiger partial charge < -0.3 is 5.32 Å². The number of carbonyl (C=O) groups excluding carboxylic acids is 1. The maximum absolute atomic E-state index is 12.0. The summed E-state index contributed by atoms with van der Waals surface area (Å²) in [5.41, 5.74) is 3.55. The van der Waals surface area contributed by atoms with E-state index in [4.69, 9.17) is 0 Å². The Kier molecular flexibility index (Phi) is 2.21. The monoisotopic (exact) mass is 228 g/mol. The summed E-state index contributed by atoms with van der Waals surface area (Å²) >= 11 is 0. The van der Waals surface area contributed by atoms with Crippen molar-refractivity contribution in [1.29, 1.82) is 0 Å². The molecule has 88 valence electrons. The summed E-state index contributed by atoms with van der Waals surface area (Å²) in [6.45, 7) is 5.12. The lowest BCUT2D eigenvalue weighted by molar-refractivity contribution is 0.240. The van der Waals surface area contributed by atoms with Crippen molar-refractivity contribution >= 4 is 16.9 Å². The summed E-state index contributed by atoms with van der Waals surface area (Å²) in [5.74, 6) is 0.446. The molecule has 1 aliphatic rings. The van der Waals surface area contributed by atoms with Crippen molar-refractivity contribution in [3.63, 3.8) is 0 Å². The molecule has 17 heavy (non-hydrogen) atoms. The van der Waals surface area contributed by atoms with Crippen LogP contribution in [0.5, 0.6) is 0 Å². The van der Waals surface area contributed by atoms with E-state index in [1.54, 1.807) is 0 Å². The largest absolute Gasteiger partial charge is 0.337 e. The van der Waals surface area contributed by atoms with Gasteiger partial charge in [0.25, 0.3) is 0 Å². The van der Waals surface area contributed by atoms with Gasteiger partial charge in [-0.3, -0.25) is 4.57 Å². The zero-order chi connectivity index (χ0) is 12.0. The van der Waals surface area contributed by atoms with Crippen LogP contribution in [0.25, 0.3) is 10.9 Å². The molecule has 1 N–H and O–H groups in total. The molecule has 1 aromatic carbocycles. The van der Waals surface area contributed by atoms with E-state index in [0.717, 1.165) is 18.5 Å². The number of para-hydroxylation sites is 1. The predicted octanol–water partition coefficient (Wildman–Crippen LogP) is 2.88. The number of benzene rings is 1. The second kappa shape index (κ2) is 3.62. The molecule has 0 radical (unpaired) electrons. The molecule has 0 aliphatic carbocycles. The molecule has 2 heterocycles. The second-order valence-corrected chi connectivity index (χ2v) is 4.85. The molecule has 3 heteroatoms. The van der Waals surface area contributed by atoms with Crippen molar-refractivity contribution in [3.8, 4) is 0 Å². The molecule has 1 aliphatic heterocycles. The molecular formula is C14H16N2O. The van der Waals surface area contributed by atoms with Crippen LogP contribution in [0.4, 0.5) is 4.79 Å². The Morgan fingerprint density at radius 1 is 1.29 bits per heavy atom. The van der Waals surface area contributed by atoms with Crippen LogP contribution in [0.1, 0.15) is 31.0 Å². The van der Waals surface area contributed by atoms with E-state index >= 15 is 0 Å². The van der Waals surface area contributed by atoms with E-state index in [1.165, 1.54) is 16.6 Å². The number of rotatable bonds is 1. The summed E-state index contributed by atoms with van der Waals surface area (Å²) in [6.07, 6.45) is 0.925. The van der Waals surface area contributed by atoms with Crippen molar-refractivity contribution in [3.05, 3.63) is 35.5 Å². The van der Waals surface area contributed by atoms with Crippen molar-refractivity contribution in [2.45, 2.75) is 26.2 Å². The Morgan fingerprint density at radius 3 is 2.82 bits per heavy atom.